The standard InChI is InChI=1S/C24H28N2O11/c1-34-15-8-12(9-16(35-2)20(15)36-3)26-21(31)18-19(22(26)32)24(11-27)7-6-23(18,37-24)10-14(28)13(25-33)4-5-17(29)30/h6-9,13,25,27,31-33H,4-5,10-11H2,1-3H3,(H,29,30)/t13-,23+,24-/m0/s1. The molecule has 13 heteroatoms. The van der Waals surface area contributed by atoms with Crippen LogP contribution < -0.4 is 19.7 Å². The summed E-state index contributed by atoms with van der Waals surface area (Å²) in [5.74, 6) is -1.87. The molecule has 0 aliphatic carbocycles. The van der Waals surface area contributed by atoms with Crippen LogP contribution in [-0.4, -0.2) is 75.9 Å². The van der Waals surface area contributed by atoms with E-state index in [1.807, 2.05) is 5.48 Å². The fourth-order valence-electron chi connectivity index (χ4n) is 5.02. The number of aliphatic hydroxyl groups is 1. The van der Waals surface area contributed by atoms with Gasteiger partial charge in [0.25, 0.3) is 0 Å². The summed E-state index contributed by atoms with van der Waals surface area (Å²) in [6.45, 7) is -0.612. The summed E-state index contributed by atoms with van der Waals surface area (Å²) in [5.41, 5.74) is -0.972. The Morgan fingerprint density at radius 1 is 1.03 bits per heavy atom. The number of ether oxygens (including phenoxy) is 4. The third-order valence-electron chi connectivity index (χ3n) is 6.72. The number of hydrogen-bond donors (Lipinski definition) is 6. The van der Waals surface area contributed by atoms with Gasteiger partial charge in [-0.15, -0.1) is 0 Å². The van der Waals surface area contributed by atoms with Gasteiger partial charge in [0.2, 0.25) is 17.5 Å². The SMILES string of the molecule is COc1cc(-n2c(O)c3c(c2O)[C@@]2(CO)C=C[C@]3(CC(=O)[C@H](CCC(=O)O)NO)O2)cc(OC)c1OC. The number of aromatic hydroxyl groups is 2. The van der Waals surface area contributed by atoms with Crippen molar-refractivity contribution in [1.29, 1.82) is 0 Å². The molecule has 0 saturated carbocycles. The number of nitrogens with zero attached hydrogens (tertiary/aromatic N) is 1. The topological polar surface area (TPSA) is 189 Å². The second-order valence-corrected chi connectivity index (χ2v) is 8.75. The molecular weight excluding hydrogens is 492 g/mol. The number of hydrogen-bond acceptors (Lipinski definition) is 11. The molecular formula is C24H28N2O11. The van der Waals surface area contributed by atoms with Crippen molar-refractivity contribution in [2.45, 2.75) is 36.5 Å². The summed E-state index contributed by atoms with van der Waals surface area (Å²) in [5, 5.41) is 51.2. The third kappa shape index (κ3) is 3.96. The second kappa shape index (κ2) is 9.59. The molecule has 0 amide bonds. The molecule has 2 aliphatic heterocycles. The van der Waals surface area contributed by atoms with E-state index in [4.69, 9.17) is 24.1 Å². The number of hydroxylamine groups is 1. The summed E-state index contributed by atoms with van der Waals surface area (Å²) in [7, 11) is 4.24. The first-order chi connectivity index (χ1) is 17.6. The zero-order valence-corrected chi connectivity index (χ0v) is 20.3. The van der Waals surface area contributed by atoms with Gasteiger partial charge < -0.3 is 44.6 Å². The van der Waals surface area contributed by atoms with E-state index >= 15 is 0 Å². The minimum absolute atomic E-state index is 0.0542. The van der Waals surface area contributed by atoms with Crippen molar-refractivity contribution in [3.8, 4) is 34.7 Å². The number of carboxylic acids is 1. The number of benzene rings is 1. The number of aliphatic hydroxyl groups excluding tert-OH is 1. The van der Waals surface area contributed by atoms with Gasteiger partial charge in [-0.2, -0.15) is 5.48 Å². The third-order valence-corrected chi connectivity index (χ3v) is 6.72. The zero-order valence-electron chi connectivity index (χ0n) is 20.3. The quantitative estimate of drug-likeness (QED) is 0.173. The fourth-order valence-corrected chi connectivity index (χ4v) is 5.02. The van der Waals surface area contributed by atoms with Crippen LogP contribution in [0.2, 0.25) is 0 Å². The lowest BCUT2D eigenvalue weighted by molar-refractivity contribution is -0.138. The summed E-state index contributed by atoms with van der Waals surface area (Å²) in [4.78, 5) is 24.0. The van der Waals surface area contributed by atoms with Gasteiger partial charge in [-0.05, 0) is 18.6 Å². The molecule has 13 nitrogen and oxygen atoms in total. The van der Waals surface area contributed by atoms with Gasteiger partial charge in [-0.1, -0.05) is 0 Å². The molecule has 1 aromatic carbocycles. The molecule has 0 radical (unpaired) electrons. The minimum Gasteiger partial charge on any atom is -0.494 e. The van der Waals surface area contributed by atoms with Crippen LogP contribution in [0, 0.1) is 0 Å². The molecule has 2 bridgehead atoms. The number of fused-ring (bicyclic) bond motifs is 5. The highest BCUT2D eigenvalue weighted by atomic mass is 16.5. The number of nitrogens with one attached hydrogen (secondary N) is 1. The molecule has 6 N–H and O–H groups in total. The van der Waals surface area contributed by atoms with Crippen LogP contribution in [0.5, 0.6) is 29.0 Å². The number of rotatable bonds is 12. The van der Waals surface area contributed by atoms with Crippen molar-refractivity contribution >= 4 is 11.8 Å². The second-order valence-electron chi connectivity index (χ2n) is 8.75. The maximum Gasteiger partial charge on any atom is 0.303 e. The van der Waals surface area contributed by atoms with Crippen molar-refractivity contribution in [3.05, 3.63) is 35.4 Å². The average molecular weight is 520 g/mol. The van der Waals surface area contributed by atoms with E-state index in [1.54, 1.807) is 0 Å². The van der Waals surface area contributed by atoms with Crippen LogP contribution in [0.1, 0.15) is 30.4 Å². The number of Topliss-reactive ketones (excluding diaryl/α,β-unsaturated/α-hetero) is 1. The largest absolute Gasteiger partial charge is 0.494 e. The molecule has 1 aromatic heterocycles. The summed E-state index contributed by atoms with van der Waals surface area (Å²) in [6.07, 6.45) is 1.99. The Kier molecular flexibility index (Phi) is 6.81. The van der Waals surface area contributed by atoms with E-state index in [9.17, 15) is 30.1 Å². The molecule has 0 unspecified atom stereocenters. The van der Waals surface area contributed by atoms with Crippen LogP contribution >= 0.6 is 0 Å². The first-order valence-corrected chi connectivity index (χ1v) is 11.3. The molecule has 3 heterocycles. The first-order valence-electron chi connectivity index (χ1n) is 11.3. The van der Waals surface area contributed by atoms with Gasteiger partial charge in [0.15, 0.2) is 17.3 Å². The highest BCUT2D eigenvalue weighted by molar-refractivity contribution is 5.87. The predicted molar refractivity (Wildman–Crippen MR) is 125 cm³/mol. The number of methoxy groups -OCH3 is 3. The van der Waals surface area contributed by atoms with Crippen LogP contribution in [-0.2, 0) is 25.5 Å². The Bertz CT molecular complexity index is 1240. The summed E-state index contributed by atoms with van der Waals surface area (Å²) >= 11 is 0. The Morgan fingerprint density at radius 3 is 2.08 bits per heavy atom. The number of carbonyl (C=O) groups excluding carboxylic acids is 1. The molecule has 4 rings (SSSR count). The Hall–Kier alpha value is -3.78. The molecule has 200 valence electrons. The maximum absolute atomic E-state index is 13.0. The van der Waals surface area contributed by atoms with Gasteiger partial charge in [-0.25, -0.2) is 0 Å². The monoisotopic (exact) mass is 520 g/mol. The first kappa shape index (κ1) is 26.3. The molecule has 0 saturated heterocycles. The molecule has 0 fully saturated rings. The van der Waals surface area contributed by atoms with E-state index in [0.717, 1.165) is 4.57 Å². The smallest absolute Gasteiger partial charge is 0.303 e. The van der Waals surface area contributed by atoms with E-state index < -0.39 is 53.8 Å². The van der Waals surface area contributed by atoms with Crippen molar-refractivity contribution in [2.75, 3.05) is 27.9 Å². The van der Waals surface area contributed by atoms with Crippen LogP contribution in [0.4, 0.5) is 0 Å². The zero-order chi connectivity index (χ0) is 27.1. The summed E-state index contributed by atoms with van der Waals surface area (Å²) < 4.78 is 23.2. The lowest BCUT2D eigenvalue weighted by Crippen LogP contribution is -2.39. The molecule has 0 spiro atoms. The van der Waals surface area contributed by atoms with Crippen molar-refractivity contribution in [1.82, 2.24) is 10.0 Å². The molecule has 2 aromatic rings. The minimum atomic E-state index is -1.60. The van der Waals surface area contributed by atoms with E-state index in [-0.39, 0.29) is 46.9 Å². The Labute approximate surface area is 211 Å². The highest BCUT2D eigenvalue weighted by Gasteiger charge is 2.61. The summed E-state index contributed by atoms with van der Waals surface area (Å²) in [6, 6.07) is 1.77. The average Bonchev–Trinajstić information content (AvgIpc) is 3.49. The van der Waals surface area contributed by atoms with E-state index in [1.165, 1.54) is 45.6 Å². The Balaban J connectivity index is 1.83. The number of aliphatic carboxylic acids is 1. The maximum atomic E-state index is 13.0. The Morgan fingerprint density at radius 2 is 1.59 bits per heavy atom. The van der Waals surface area contributed by atoms with Gasteiger partial charge >= 0.3 is 5.97 Å². The molecule has 2 aliphatic rings. The van der Waals surface area contributed by atoms with Crippen molar-refractivity contribution in [2.24, 2.45) is 0 Å². The van der Waals surface area contributed by atoms with Crippen molar-refractivity contribution in [3.63, 3.8) is 0 Å². The van der Waals surface area contributed by atoms with Gasteiger partial charge in [0, 0.05) is 25.0 Å². The van der Waals surface area contributed by atoms with Gasteiger partial charge in [0.05, 0.1) is 50.8 Å². The van der Waals surface area contributed by atoms with Crippen LogP contribution in [0.15, 0.2) is 24.3 Å². The molecule has 3 atom stereocenters. The van der Waals surface area contributed by atoms with E-state index in [0.29, 0.717) is 0 Å². The highest BCUT2D eigenvalue weighted by Crippen LogP contribution is 2.62. The van der Waals surface area contributed by atoms with Crippen LogP contribution in [0.25, 0.3) is 5.69 Å². The lowest BCUT2D eigenvalue weighted by atomic mass is 9.81. The predicted octanol–water partition coefficient (Wildman–Crippen LogP) is 1.07. The van der Waals surface area contributed by atoms with Gasteiger partial charge in [-0.3, -0.25) is 14.2 Å². The van der Waals surface area contributed by atoms with Crippen molar-refractivity contribution < 1.29 is 54.2 Å². The normalized spacial score (nSPS) is 22.1. The fraction of sp³-hybridized carbons (Fsp3) is 0.417. The number of aromatic nitrogens is 1. The number of carbonyl (C=O) groups is 2. The number of ketones is 1. The van der Waals surface area contributed by atoms with E-state index in [2.05, 4.69) is 0 Å². The van der Waals surface area contributed by atoms with Gasteiger partial charge in [0.1, 0.15) is 11.2 Å². The lowest BCUT2D eigenvalue weighted by Gasteiger charge is -2.27. The molecule has 37 heavy (non-hydrogen) atoms. The van der Waals surface area contributed by atoms with Crippen LogP contribution in [0.3, 0.4) is 0 Å². The number of carboxylic acid groups (broad SMARTS) is 1.